The third kappa shape index (κ3) is 5.53. The maximum Gasteiger partial charge on any atom is 0.339 e. The van der Waals surface area contributed by atoms with E-state index in [1.54, 1.807) is 36.4 Å². The molecule has 1 fully saturated rings. The zero-order valence-corrected chi connectivity index (χ0v) is 18.3. The minimum Gasteiger partial charge on any atom is -0.454 e. The molecule has 32 heavy (non-hydrogen) atoms. The van der Waals surface area contributed by atoms with Crippen LogP contribution in [0.15, 0.2) is 47.4 Å². The third-order valence-electron chi connectivity index (χ3n) is 5.18. The normalized spacial score (nSPS) is 14.3. The summed E-state index contributed by atoms with van der Waals surface area (Å²) < 4.78 is 15.8. The summed E-state index contributed by atoms with van der Waals surface area (Å²) >= 11 is 1.31. The first kappa shape index (κ1) is 22.0. The summed E-state index contributed by atoms with van der Waals surface area (Å²) in [6.07, 6.45) is 2.08. The minimum absolute atomic E-state index is 0.0681. The molecule has 0 aliphatic carbocycles. The number of fused-ring (bicyclic) bond motifs is 1. The Morgan fingerprint density at radius 3 is 2.66 bits per heavy atom. The van der Waals surface area contributed by atoms with Crippen LogP contribution in [0.2, 0.25) is 0 Å². The van der Waals surface area contributed by atoms with Crippen molar-refractivity contribution >= 4 is 29.5 Å². The van der Waals surface area contributed by atoms with Gasteiger partial charge in [0.2, 0.25) is 12.7 Å². The van der Waals surface area contributed by atoms with Gasteiger partial charge in [-0.05, 0) is 42.7 Å². The number of thioether (sulfide) groups is 1. The van der Waals surface area contributed by atoms with Gasteiger partial charge >= 0.3 is 5.97 Å². The van der Waals surface area contributed by atoms with E-state index in [1.165, 1.54) is 11.8 Å². The van der Waals surface area contributed by atoms with Crippen molar-refractivity contribution in [2.75, 3.05) is 32.2 Å². The fraction of sp³-hybridized carbons (Fsp3) is 0.348. The Kier molecular flexibility index (Phi) is 7.16. The first-order valence-corrected chi connectivity index (χ1v) is 11.4. The number of amides is 2. The molecule has 168 valence electrons. The molecular formula is C23H24N2O6S. The van der Waals surface area contributed by atoms with Gasteiger partial charge in [-0.15, -0.1) is 11.8 Å². The third-order valence-corrected chi connectivity index (χ3v) is 6.24. The van der Waals surface area contributed by atoms with Crippen molar-refractivity contribution in [3.63, 3.8) is 0 Å². The van der Waals surface area contributed by atoms with Gasteiger partial charge in [0.25, 0.3) is 5.91 Å². The van der Waals surface area contributed by atoms with Crippen molar-refractivity contribution in [3.8, 4) is 11.5 Å². The highest BCUT2D eigenvalue weighted by Crippen LogP contribution is 2.32. The monoisotopic (exact) mass is 456 g/mol. The minimum atomic E-state index is -0.597. The molecule has 0 unspecified atom stereocenters. The van der Waals surface area contributed by atoms with Gasteiger partial charge in [-0.3, -0.25) is 9.59 Å². The highest BCUT2D eigenvalue weighted by atomic mass is 32.2. The van der Waals surface area contributed by atoms with Crippen LogP contribution in [0, 0.1) is 0 Å². The highest BCUT2D eigenvalue weighted by molar-refractivity contribution is 8.00. The SMILES string of the molecule is O=C(COC(=O)c1ccccc1SCC(=O)N1CCCC1)NCc1ccc2c(c1)OCO2. The molecule has 0 radical (unpaired) electrons. The maximum absolute atomic E-state index is 12.5. The Balaban J connectivity index is 1.25. The zero-order chi connectivity index (χ0) is 22.3. The second kappa shape index (κ2) is 10.4. The van der Waals surface area contributed by atoms with Crippen molar-refractivity contribution in [2.45, 2.75) is 24.3 Å². The summed E-state index contributed by atoms with van der Waals surface area (Å²) in [4.78, 5) is 39.5. The van der Waals surface area contributed by atoms with E-state index in [1.807, 2.05) is 11.0 Å². The summed E-state index contributed by atoms with van der Waals surface area (Å²) in [5.41, 5.74) is 1.19. The van der Waals surface area contributed by atoms with Crippen LogP contribution in [0.3, 0.4) is 0 Å². The number of carbonyl (C=O) groups is 3. The molecule has 0 atom stereocenters. The fourth-order valence-electron chi connectivity index (χ4n) is 3.47. The molecule has 2 amide bonds. The van der Waals surface area contributed by atoms with Crippen molar-refractivity contribution < 1.29 is 28.6 Å². The molecular weight excluding hydrogens is 432 g/mol. The van der Waals surface area contributed by atoms with Crippen LogP contribution in [0.1, 0.15) is 28.8 Å². The van der Waals surface area contributed by atoms with Gasteiger partial charge in [0, 0.05) is 24.5 Å². The van der Waals surface area contributed by atoms with Gasteiger partial charge in [-0.2, -0.15) is 0 Å². The van der Waals surface area contributed by atoms with E-state index in [4.69, 9.17) is 14.2 Å². The number of hydrogen-bond acceptors (Lipinski definition) is 7. The van der Waals surface area contributed by atoms with Crippen LogP contribution < -0.4 is 14.8 Å². The topological polar surface area (TPSA) is 94.2 Å². The van der Waals surface area contributed by atoms with E-state index in [0.717, 1.165) is 31.5 Å². The van der Waals surface area contributed by atoms with Crippen molar-refractivity contribution in [2.24, 2.45) is 0 Å². The molecule has 4 rings (SSSR count). The Hall–Kier alpha value is -3.20. The molecule has 2 aliphatic heterocycles. The molecule has 1 saturated heterocycles. The largest absolute Gasteiger partial charge is 0.454 e. The molecule has 8 nitrogen and oxygen atoms in total. The smallest absolute Gasteiger partial charge is 0.339 e. The quantitative estimate of drug-likeness (QED) is 0.482. The van der Waals surface area contributed by atoms with Crippen LogP contribution in [-0.4, -0.2) is 54.9 Å². The lowest BCUT2D eigenvalue weighted by atomic mass is 10.2. The van der Waals surface area contributed by atoms with Crippen LogP contribution in [0.25, 0.3) is 0 Å². The van der Waals surface area contributed by atoms with E-state index < -0.39 is 18.5 Å². The second-order valence-electron chi connectivity index (χ2n) is 7.41. The van der Waals surface area contributed by atoms with Gasteiger partial charge < -0.3 is 24.4 Å². The fourth-order valence-corrected chi connectivity index (χ4v) is 4.41. The number of rotatable bonds is 8. The first-order chi connectivity index (χ1) is 15.6. The molecule has 0 saturated carbocycles. The van der Waals surface area contributed by atoms with Gasteiger partial charge in [0.1, 0.15) is 0 Å². The number of nitrogens with one attached hydrogen (secondary N) is 1. The lowest BCUT2D eigenvalue weighted by molar-refractivity contribution is -0.127. The Bertz CT molecular complexity index is 1010. The number of esters is 1. The average molecular weight is 457 g/mol. The molecule has 0 bridgehead atoms. The number of benzene rings is 2. The van der Waals surface area contributed by atoms with Gasteiger partial charge in [0.15, 0.2) is 18.1 Å². The van der Waals surface area contributed by atoms with E-state index in [0.29, 0.717) is 22.0 Å². The Morgan fingerprint density at radius 2 is 1.81 bits per heavy atom. The summed E-state index contributed by atoms with van der Waals surface area (Å²) in [5.74, 6) is 0.636. The van der Waals surface area contributed by atoms with Crippen molar-refractivity contribution in [1.29, 1.82) is 0 Å². The number of carbonyl (C=O) groups excluding carboxylic acids is 3. The Labute approximate surface area is 190 Å². The summed E-state index contributed by atoms with van der Waals surface area (Å²) in [6.45, 7) is 1.66. The molecule has 2 aliphatic rings. The molecule has 2 heterocycles. The van der Waals surface area contributed by atoms with Crippen LogP contribution in [0.4, 0.5) is 0 Å². The second-order valence-corrected chi connectivity index (χ2v) is 8.43. The average Bonchev–Trinajstić information content (AvgIpc) is 3.51. The van der Waals surface area contributed by atoms with Gasteiger partial charge in [-0.25, -0.2) is 4.79 Å². The van der Waals surface area contributed by atoms with Crippen LogP contribution >= 0.6 is 11.8 Å². The first-order valence-electron chi connectivity index (χ1n) is 10.4. The van der Waals surface area contributed by atoms with Crippen molar-refractivity contribution in [3.05, 3.63) is 53.6 Å². The number of hydrogen-bond donors (Lipinski definition) is 1. The van der Waals surface area contributed by atoms with Gasteiger partial charge in [0.05, 0.1) is 11.3 Å². The van der Waals surface area contributed by atoms with Crippen LogP contribution in [-0.2, 0) is 20.9 Å². The summed E-state index contributed by atoms with van der Waals surface area (Å²) in [6, 6.07) is 12.4. The van der Waals surface area contributed by atoms with E-state index >= 15 is 0 Å². The highest BCUT2D eigenvalue weighted by Gasteiger charge is 2.20. The molecule has 0 aromatic heterocycles. The number of ether oxygens (including phenoxy) is 3. The van der Waals surface area contributed by atoms with E-state index in [9.17, 15) is 14.4 Å². The maximum atomic E-state index is 12.5. The zero-order valence-electron chi connectivity index (χ0n) is 17.5. The molecule has 9 heteroatoms. The number of nitrogens with zero attached hydrogens (tertiary/aromatic N) is 1. The lowest BCUT2D eigenvalue weighted by Gasteiger charge is -2.15. The molecule has 2 aromatic carbocycles. The number of likely N-dealkylation sites (tertiary alicyclic amines) is 1. The molecule has 2 aromatic rings. The van der Waals surface area contributed by atoms with Gasteiger partial charge in [-0.1, -0.05) is 18.2 Å². The summed E-state index contributed by atoms with van der Waals surface area (Å²) in [5, 5.41) is 2.71. The standard InChI is InChI=1S/C23H24N2O6S/c26-21(24-12-16-7-8-18-19(11-16)31-15-30-18)13-29-23(28)17-5-1-2-6-20(17)32-14-22(27)25-9-3-4-10-25/h1-2,5-8,11H,3-4,9-10,12-15H2,(H,24,26). The van der Waals surface area contributed by atoms with Crippen molar-refractivity contribution in [1.82, 2.24) is 10.2 Å². The van der Waals surface area contributed by atoms with E-state index in [-0.39, 0.29) is 25.0 Å². The lowest BCUT2D eigenvalue weighted by Crippen LogP contribution is -2.29. The predicted molar refractivity (Wildman–Crippen MR) is 118 cm³/mol. The predicted octanol–water partition coefficient (Wildman–Crippen LogP) is 2.60. The Morgan fingerprint density at radius 1 is 1.03 bits per heavy atom. The molecule has 1 N–H and O–H groups in total. The van der Waals surface area contributed by atoms with E-state index in [2.05, 4.69) is 5.32 Å². The summed E-state index contributed by atoms with van der Waals surface area (Å²) in [7, 11) is 0. The molecule has 0 spiro atoms. The van der Waals surface area contributed by atoms with Crippen LogP contribution in [0.5, 0.6) is 11.5 Å².